The number of hydrogen-bond acceptors (Lipinski definition) is 3. The maximum Gasteiger partial charge on any atom is 0.0476 e. The second kappa shape index (κ2) is 7.02. The molecule has 20 heavy (non-hydrogen) atoms. The van der Waals surface area contributed by atoms with Crippen LogP contribution in [-0.4, -0.2) is 18.5 Å². The monoisotopic (exact) mass is 288 g/mol. The summed E-state index contributed by atoms with van der Waals surface area (Å²) in [4.78, 5) is 3.78. The number of rotatable bonds is 6. The average Bonchev–Trinajstić information content (AvgIpc) is 3.01. The number of aryl methyl sites for hydroxylation is 1. The molecule has 108 valence electrons. The van der Waals surface area contributed by atoms with E-state index in [4.69, 9.17) is 5.73 Å². The van der Waals surface area contributed by atoms with Gasteiger partial charge in [0.15, 0.2) is 0 Å². The van der Waals surface area contributed by atoms with Gasteiger partial charge in [0.25, 0.3) is 0 Å². The number of nitrogens with two attached hydrogens (primary N) is 1. The van der Waals surface area contributed by atoms with E-state index < -0.39 is 0 Å². The van der Waals surface area contributed by atoms with Crippen molar-refractivity contribution in [2.45, 2.75) is 32.4 Å². The van der Waals surface area contributed by atoms with Crippen LogP contribution in [0.25, 0.3) is 0 Å². The maximum absolute atomic E-state index is 6.08. The zero-order valence-corrected chi connectivity index (χ0v) is 13.4. The largest absolute Gasteiger partial charge is 0.329 e. The van der Waals surface area contributed by atoms with Gasteiger partial charge >= 0.3 is 0 Å². The Morgan fingerprint density at radius 3 is 2.55 bits per heavy atom. The lowest BCUT2D eigenvalue weighted by Gasteiger charge is -2.33. The summed E-state index contributed by atoms with van der Waals surface area (Å²) in [5.41, 5.74) is 8.84. The molecule has 0 fully saturated rings. The highest BCUT2D eigenvalue weighted by atomic mass is 32.1. The summed E-state index contributed by atoms with van der Waals surface area (Å²) in [6.45, 7) is 5.10. The summed E-state index contributed by atoms with van der Waals surface area (Å²) in [6, 6.07) is 13.6. The fourth-order valence-electron chi connectivity index (χ4n) is 2.69. The highest BCUT2D eigenvalue weighted by Crippen LogP contribution is 2.31. The van der Waals surface area contributed by atoms with Gasteiger partial charge in [0.05, 0.1) is 0 Å². The van der Waals surface area contributed by atoms with Crippen LogP contribution in [0.4, 0.5) is 0 Å². The van der Waals surface area contributed by atoms with Crippen molar-refractivity contribution < 1.29 is 0 Å². The van der Waals surface area contributed by atoms with Gasteiger partial charge in [0.1, 0.15) is 0 Å². The van der Waals surface area contributed by atoms with E-state index >= 15 is 0 Å². The molecule has 0 saturated heterocycles. The van der Waals surface area contributed by atoms with Gasteiger partial charge in [-0.25, -0.2) is 0 Å². The Hall–Kier alpha value is -1.16. The van der Waals surface area contributed by atoms with Gasteiger partial charge in [-0.15, -0.1) is 11.3 Å². The second-order valence-electron chi connectivity index (χ2n) is 5.16. The molecule has 0 aliphatic carbocycles. The van der Waals surface area contributed by atoms with E-state index in [0.29, 0.717) is 12.6 Å². The molecule has 2 rings (SSSR count). The SMILES string of the molecule is CCc1ccccc1C(CN)N(C)C(C)c1cccs1. The highest BCUT2D eigenvalue weighted by molar-refractivity contribution is 7.10. The normalized spacial score (nSPS) is 14.4. The first-order chi connectivity index (χ1) is 9.69. The Balaban J connectivity index is 2.27. The van der Waals surface area contributed by atoms with Crippen LogP contribution in [0.2, 0.25) is 0 Å². The van der Waals surface area contributed by atoms with E-state index in [1.54, 1.807) is 0 Å². The van der Waals surface area contributed by atoms with Crippen LogP contribution >= 0.6 is 11.3 Å². The van der Waals surface area contributed by atoms with Crippen LogP contribution in [0.5, 0.6) is 0 Å². The Labute approximate surface area is 126 Å². The molecule has 3 heteroatoms. The van der Waals surface area contributed by atoms with E-state index in [1.165, 1.54) is 16.0 Å². The molecule has 1 aromatic heterocycles. The molecule has 0 amide bonds. The van der Waals surface area contributed by atoms with Crippen molar-refractivity contribution in [3.8, 4) is 0 Å². The van der Waals surface area contributed by atoms with Gasteiger partial charge in [-0.1, -0.05) is 37.3 Å². The summed E-state index contributed by atoms with van der Waals surface area (Å²) in [6.07, 6.45) is 1.05. The first-order valence-corrected chi connectivity index (χ1v) is 8.10. The summed E-state index contributed by atoms with van der Waals surface area (Å²) in [5, 5.41) is 2.14. The van der Waals surface area contributed by atoms with Crippen LogP contribution < -0.4 is 5.73 Å². The van der Waals surface area contributed by atoms with Crippen LogP contribution in [0.3, 0.4) is 0 Å². The molecule has 2 unspecified atom stereocenters. The van der Waals surface area contributed by atoms with Gasteiger partial charge in [0.2, 0.25) is 0 Å². The third-order valence-corrected chi connectivity index (χ3v) is 5.12. The maximum atomic E-state index is 6.08. The van der Waals surface area contributed by atoms with Crippen molar-refractivity contribution in [2.75, 3.05) is 13.6 Å². The van der Waals surface area contributed by atoms with Gasteiger partial charge in [-0.2, -0.15) is 0 Å². The first kappa shape index (κ1) is 15.2. The molecule has 0 radical (unpaired) electrons. The van der Waals surface area contributed by atoms with Crippen LogP contribution in [0.1, 0.15) is 41.9 Å². The zero-order chi connectivity index (χ0) is 14.5. The van der Waals surface area contributed by atoms with E-state index in [-0.39, 0.29) is 6.04 Å². The molecule has 2 aromatic rings. The number of benzene rings is 1. The molecule has 2 nitrogen and oxygen atoms in total. The van der Waals surface area contributed by atoms with Gasteiger partial charge in [-0.05, 0) is 43.0 Å². The molecule has 0 saturated carbocycles. The number of likely N-dealkylation sites (N-methyl/N-ethyl adjacent to an activating group) is 1. The van der Waals surface area contributed by atoms with Gasteiger partial charge < -0.3 is 5.73 Å². The van der Waals surface area contributed by atoms with Crippen molar-refractivity contribution in [1.29, 1.82) is 0 Å². The molecule has 2 atom stereocenters. The highest BCUT2D eigenvalue weighted by Gasteiger charge is 2.23. The minimum absolute atomic E-state index is 0.267. The molecule has 0 aliphatic heterocycles. The third kappa shape index (κ3) is 3.11. The van der Waals surface area contributed by atoms with Gasteiger partial charge in [-0.3, -0.25) is 4.90 Å². The van der Waals surface area contributed by atoms with Crippen molar-refractivity contribution in [3.05, 3.63) is 57.8 Å². The molecule has 0 aliphatic rings. The topological polar surface area (TPSA) is 29.3 Å². The molecule has 0 spiro atoms. The summed E-state index contributed by atoms with van der Waals surface area (Å²) in [7, 11) is 2.17. The summed E-state index contributed by atoms with van der Waals surface area (Å²) in [5.74, 6) is 0. The molecule has 0 bridgehead atoms. The zero-order valence-electron chi connectivity index (χ0n) is 12.5. The van der Waals surface area contributed by atoms with Crippen LogP contribution in [0, 0.1) is 0 Å². The lowest BCUT2D eigenvalue weighted by molar-refractivity contribution is 0.192. The smallest absolute Gasteiger partial charge is 0.0476 e. The minimum Gasteiger partial charge on any atom is -0.329 e. The Morgan fingerprint density at radius 1 is 1.20 bits per heavy atom. The van der Waals surface area contributed by atoms with Crippen LogP contribution in [-0.2, 0) is 6.42 Å². The van der Waals surface area contributed by atoms with E-state index in [9.17, 15) is 0 Å². The van der Waals surface area contributed by atoms with Crippen molar-refractivity contribution in [2.24, 2.45) is 5.73 Å². The molecule has 2 N–H and O–H groups in total. The Morgan fingerprint density at radius 2 is 1.95 bits per heavy atom. The fourth-order valence-corrected chi connectivity index (χ4v) is 3.53. The van der Waals surface area contributed by atoms with E-state index in [2.05, 4.69) is 67.6 Å². The molecular formula is C17H24N2S. The summed E-state index contributed by atoms with van der Waals surface area (Å²) < 4.78 is 0. The fraction of sp³-hybridized carbons (Fsp3) is 0.412. The lowest BCUT2D eigenvalue weighted by Crippen LogP contribution is -2.33. The quantitative estimate of drug-likeness (QED) is 0.870. The standard InChI is InChI=1S/C17H24N2S/c1-4-14-8-5-6-9-15(14)16(12-18)19(3)13(2)17-10-7-11-20-17/h5-11,13,16H,4,12,18H2,1-3H3. The van der Waals surface area contributed by atoms with Crippen LogP contribution in [0.15, 0.2) is 41.8 Å². The van der Waals surface area contributed by atoms with E-state index in [1.807, 2.05) is 11.3 Å². The number of hydrogen-bond donors (Lipinski definition) is 1. The van der Waals surface area contributed by atoms with Crippen molar-refractivity contribution in [1.82, 2.24) is 4.90 Å². The third-order valence-electron chi connectivity index (χ3n) is 4.08. The average molecular weight is 288 g/mol. The second-order valence-corrected chi connectivity index (χ2v) is 6.14. The Bertz CT molecular complexity index is 522. The molecule has 1 aromatic carbocycles. The predicted octanol–water partition coefficient (Wildman–Crippen LogP) is 4.00. The molecular weight excluding hydrogens is 264 g/mol. The minimum atomic E-state index is 0.267. The van der Waals surface area contributed by atoms with Crippen molar-refractivity contribution in [3.63, 3.8) is 0 Å². The predicted molar refractivity (Wildman–Crippen MR) is 88.1 cm³/mol. The number of nitrogens with zero attached hydrogens (tertiary/aromatic N) is 1. The molecule has 1 heterocycles. The number of thiophene rings is 1. The van der Waals surface area contributed by atoms with Gasteiger partial charge in [0, 0.05) is 23.5 Å². The lowest BCUT2D eigenvalue weighted by atomic mass is 9.96. The Kier molecular flexibility index (Phi) is 5.35. The van der Waals surface area contributed by atoms with Crippen molar-refractivity contribution >= 4 is 11.3 Å². The summed E-state index contributed by atoms with van der Waals surface area (Å²) >= 11 is 1.81. The first-order valence-electron chi connectivity index (χ1n) is 7.22. The van der Waals surface area contributed by atoms with E-state index in [0.717, 1.165) is 6.42 Å².